The minimum absolute atomic E-state index is 0.0106. The summed E-state index contributed by atoms with van der Waals surface area (Å²) in [6.07, 6.45) is 0.826. The zero-order valence-electron chi connectivity index (χ0n) is 15.8. The van der Waals surface area contributed by atoms with Gasteiger partial charge in [0.15, 0.2) is 0 Å². The Balaban J connectivity index is 1.53. The van der Waals surface area contributed by atoms with E-state index in [1.165, 1.54) is 11.3 Å². The first-order valence-corrected chi connectivity index (χ1v) is 9.98. The summed E-state index contributed by atoms with van der Waals surface area (Å²) >= 11 is 1.44. The molecule has 3 aromatic rings. The SMILES string of the molecule is CN(C)c1ccc(C(=O)Nc2ccc3c(c2)N(C(=O)c2cccs2)CC3)cc1. The van der Waals surface area contributed by atoms with Gasteiger partial charge in [0.05, 0.1) is 4.88 Å². The van der Waals surface area contributed by atoms with E-state index in [4.69, 9.17) is 0 Å². The van der Waals surface area contributed by atoms with Gasteiger partial charge in [-0.25, -0.2) is 0 Å². The van der Waals surface area contributed by atoms with E-state index in [9.17, 15) is 9.59 Å². The molecule has 1 aromatic heterocycles. The van der Waals surface area contributed by atoms with Crippen LogP contribution in [0.3, 0.4) is 0 Å². The number of nitrogens with one attached hydrogen (secondary N) is 1. The lowest BCUT2D eigenvalue weighted by Crippen LogP contribution is -2.28. The van der Waals surface area contributed by atoms with Crippen LogP contribution in [0.1, 0.15) is 25.6 Å². The largest absolute Gasteiger partial charge is 0.378 e. The Kier molecular flexibility index (Phi) is 4.88. The monoisotopic (exact) mass is 391 g/mol. The summed E-state index contributed by atoms with van der Waals surface area (Å²) in [6.45, 7) is 0.662. The number of rotatable bonds is 4. The fraction of sp³-hybridized carbons (Fsp3) is 0.182. The van der Waals surface area contributed by atoms with Crippen LogP contribution in [-0.4, -0.2) is 32.5 Å². The highest BCUT2D eigenvalue weighted by Gasteiger charge is 2.26. The summed E-state index contributed by atoms with van der Waals surface area (Å²) in [7, 11) is 3.92. The van der Waals surface area contributed by atoms with Crippen LogP contribution < -0.4 is 15.1 Å². The second kappa shape index (κ2) is 7.48. The minimum Gasteiger partial charge on any atom is -0.378 e. The number of amides is 2. The third-order valence-corrected chi connectivity index (χ3v) is 5.72. The third-order valence-electron chi connectivity index (χ3n) is 4.86. The predicted molar refractivity (Wildman–Crippen MR) is 115 cm³/mol. The first kappa shape index (κ1) is 18.3. The summed E-state index contributed by atoms with van der Waals surface area (Å²) < 4.78 is 0. The normalized spacial score (nSPS) is 12.6. The molecule has 0 radical (unpaired) electrons. The maximum absolute atomic E-state index is 12.8. The molecule has 0 atom stereocenters. The van der Waals surface area contributed by atoms with E-state index >= 15 is 0 Å². The van der Waals surface area contributed by atoms with Crippen LogP contribution in [0.25, 0.3) is 0 Å². The lowest BCUT2D eigenvalue weighted by Gasteiger charge is -2.17. The molecule has 5 nitrogen and oxygen atoms in total. The molecule has 0 unspecified atom stereocenters. The quantitative estimate of drug-likeness (QED) is 0.723. The molecule has 142 valence electrons. The molecule has 28 heavy (non-hydrogen) atoms. The highest BCUT2D eigenvalue weighted by atomic mass is 32.1. The Hall–Kier alpha value is -3.12. The van der Waals surface area contributed by atoms with Gasteiger partial charge in [0, 0.05) is 43.3 Å². The number of carbonyl (C=O) groups is 2. The van der Waals surface area contributed by atoms with Crippen LogP contribution in [0.4, 0.5) is 17.1 Å². The van der Waals surface area contributed by atoms with Crippen molar-refractivity contribution in [3.05, 3.63) is 76.0 Å². The molecule has 0 bridgehead atoms. The van der Waals surface area contributed by atoms with Gasteiger partial charge >= 0.3 is 0 Å². The molecule has 0 aliphatic carbocycles. The van der Waals surface area contributed by atoms with Crippen molar-refractivity contribution in [2.75, 3.05) is 35.8 Å². The third kappa shape index (κ3) is 3.51. The van der Waals surface area contributed by atoms with Crippen molar-refractivity contribution in [3.63, 3.8) is 0 Å². The van der Waals surface area contributed by atoms with Crippen LogP contribution in [0.15, 0.2) is 60.0 Å². The van der Waals surface area contributed by atoms with Crippen LogP contribution in [0, 0.1) is 0 Å². The van der Waals surface area contributed by atoms with Gasteiger partial charge in [-0.15, -0.1) is 11.3 Å². The summed E-state index contributed by atoms with van der Waals surface area (Å²) in [4.78, 5) is 29.9. The molecule has 0 fully saturated rings. The fourth-order valence-electron chi connectivity index (χ4n) is 3.32. The second-order valence-electron chi connectivity index (χ2n) is 6.92. The maximum Gasteiger partial charge on any atom is 0.268 e. The Labute approximate surface area is 168 Å². The van der Waals surface area contributed by atoms with E-state index in [0.717, 1.165) is 28.2 Å². The molecule has 1 aliphatic rings. The fourth-order valence-corrected chi connectivity index (χ4v) is 3.99. The van der Waals surface area contributed by atoms with Crippen molar-refractivity contribution in [3.8, 4) is 0 Å². The molecule has 1 aliphatic heterocycles. The van der Waals surface area contributed by atoms with Crippen LogP contribution in [-0.2, 0) is 6.42 Å². The number of benzene rings is 2. The number of carbonyl (C=O) groups excluding carboxylic acids is 2. The van der Waals surface area contributed by atoms with Gasteiger partial charge in [0.1, 0.15) is 0 Å². The van der Waals surface area contributed by atoms with Crippen LogP contribution in [0.2, 0.25) is 0 Å². The van der Waals surface area contributed by atoms with E-state index in [1.807, 2.05) is 79.0 Å². The van der Waals surface area contributed by atoms with Gasteiger partial charge in [-0.3, -0.25) is 9.59 Å². The van der Waals surface area contributed by atoms with Gasteiger partial charge < -0.3 is 15.1 Å². The van der Waals surface area contributed by atoms with Crippen molar-refractivity contribution in [2.24, 2.45) is 0 Å². The van der Waals surface area contributed by atoms with Gasteiger partial charge in [0.25, 0.3) is 11.8 Å². The number of hydrogen-bond acceptors (Lipinski definition) is 4. The number of nitrogens with zero attached hydrogens (tertiary/aromatic N) is 2. The number of fused-ring (bicyclic) bond motifs is 1. The smallest absolute Gasteiger partial charge is 0.268 e. The molecular formula is C22H21N3O2S. The summed E-state index contributed by atoms with van der Waals surface area (Å²) in [6, 6.07) is 16.9. The van der Waals surface area contributed by atoms with Gasteiger partial charge in [-0.2, -0.15) is 0 Å². The predicted octanol–water partition coefficient (Wildman–Crippen LogP) is 4.27. The highest BCUT2D eigenvalue weighted by molar-refractivity contribution is 7.12. The highest BCUT2D eigenvalue weighted by Crippen LogP contribution is 2.32. The maximum atomic E-state index is 12.8. The Bertz CT molecular complexity index is 1010. The van der Waals surface area contributed by atoms with Crippen molar-refractivity contribution >= 4 is 40.2 Å². The average Bonchev–Trinajstić information content (AvgIpc) is 3.37. The molecule has 0 saturated carbocycles. The van der Waals surface area contributed by atoms with Crippen molar-refractivity contribution in [1.29, 1.82) is 0 Å². The van der Waals surface area contributed by atoms with Crippen molar-refractivity contribution in [1.82, 2.24) is 0 Å². The average molecular weight is 391 g/mol. The second-order valence-corrected chi connectivity index (χ2v) is 7.87. The Morgan fingerprint density at radius 3 is 2.54 bits per heavy atom. The van der Waals surface area contributed by atoms with E-state index in [1.54, 1.807) is 4.90 Å². The van der Waals surface area contributed by atoms with Crippen molar-refractivity contribution < 1.29 is 9.59 Å². The molecule has 0 spiro atoms. The standard InChI is InChI=1S/C22H21N3O2S/c1-24(2)18-9-6-16(7-10-18)21(26)23-17-8-5-15-11-12-25(19(15)14-17)22(27)20-4-3-13-28-20/h3-10,13-14H,11-12H2,1-2H3,(H,23,26). The van der Waals surface area contributed by atoms with Gasteiger partial charge in [-0.05, 0) is 59.8 Å². The van der Waals surface area contributed by atoms with E-state index in [2.05, 4.69) is 5.32 Å². The molecule has 2 amide bonds. The summed E-state index contributed by atoms with van der Waals surface area (Å²) in [5.74, 6) is -0.157. The van der Waals surface area contributed by atoms with Crippen LogP contribution in [0.5, 0.6) is 0 Å². The van der Waals surface area contributed by atoms with Crippen molar-refractivity contribution in [2.45, 2.75) is 6.42 Å². The molecule has 1 N–H and O–H groups in total. The van der Waals surface area contributed by atoms with Crippen LogP contribution >= 0.6 is 11.3 Å². The zero-order valence-corrected chi connectivity index (χ0v) is 16.6. The summed E-state index contributed by atoms with van der Waals surface area (Å²) in [5.41, 5.74) is 4.32. The zero-order chi connectivity index (χ0) is 19.7. The number of hydrogen-bond donors (Lipinski definition) is 1. The van der Waals surface area contributed by atoms with E-state index in [0.29, 0.717) is 17.8 Å². The first-order valence-electron chi connectivity index (χ1n) is 9.10. The minimum atomic E-state index is -0.167. The van der Waals surface area contributed by atoms with E-state index in [-0.39, 0.29) is 11.8 Å². The lowest BCUT2D eigenvalue weighted by molar-refractivity contribution is 0.0991. The molecule has 2 heterocycles. The van der Waals surface area contributed by atoms with E-state index < -0.39 is 0 Å². The number of thiophene rings is 1. The number of anilines is 3. The first-order chi connectivity index (χ1) is 13.5. The molecular weight excluding hydrogens is 370 g/mol. The summed E-state index contributed by atoms with van der Waals surface area (Å²) in [5, 5.41) is 4.85. The van der Waals surface area contributed by atoms with Gasteiger partial charge in [0.2, 0.25) is 0 Å². The Morgan fingerprint density at radius 2 is 1.86 bits per heavy atom. The molecule has 0 saturated heterocycles. The molecule has 4 rings (SSSR count). The van der Waals surface area contributed by atoms with Gasteiger partial charge in [-0.1, -0.05) is 12.1 Å². The molecule has 6 heteroatoms. The molecule has 2 aromatic carbocycles. The Morgan fingerprint density at radius 1 is 1.07 bits per heavy atom. The lowest BCUT2D eigenvalue weighted by atomic mass is 10.1. The topological polar surface area (TPSA) is 52.7 Å².